The Morgan fingerprint density at radius 2 is 2.31 bits per heavy atom. The van der Waals surface area contributed by atoms with Crippen molar-refractivity contribution < 1.29 is 19.1 Å². The van der Waals surface area contributed by atoms with Crippen molar-refractivity contribution in [3.05, 3.63) is 0 Å². The van der Waals surface area contributed by atoms with E-state index < -0.39 is 11.5 Å². The molecule has 1 rings (SSSR count). The highest BCUT2D eigenvalue weighted by Crippen LogP contribution is 2.33. The maximum Gasteiger partial charge on any atom is 0.313 e. The second-order valence-corrected chi connectivity index (χ2v) is 3.59. The van der Waals surface area contributed by atoms with Crippen LogP contribution in [0, 0.1) is 5.92 Å². The molecule has 74 valence electrons. The van der Waals surface area contributed by atoms with Gasteiger partial charge in [0.25, 0.3) is 0 Å². The van der Waals surface area contributed by atoms with Gasteiger partial charge in [-0.1, -0.05) is 0 Å². The normalized spacial score (nSPS) is 25.5. The summed E-state index contributed by atoms with van der Waals surface area (Å²) in [5.41, 5.74) is -0.719. The molecule has 0 aliphatic carbocycles. The molecule has 0 N–H and O–H groups in total. The summed E-state index contributed by atoms with van der Waals surface area (Å²) in [6, 6.07) is 0. The fraction of sp³-hybridized carbons (Fsp3) is 0.778. The number of rotatable bonds is 2. The zero-order valence-electron chi connectivity index (χ0n) is 8.12. The molecule has 1 saturated heterocycles. The fourth-order valence-electron chi connectivity index (χ4n) is 1.43. The Morgan fingerprint density at radius 1 is 1.69 bits per heavy atom. The molecule has 1 aliphatic rings. The molecular formula is C9H14O4. The molecule has 0 amide bonds. The number of hydrogen-bond donors (Lipinski definition) is 0. The second kappa shape index (κ2) is 3.36. The molecule has 0 radical (unpaired) electrons. The topological polar surface area (TPSA) is 52.6 Å². The van der Waals surface area contributed by atoms with Crippen LogP contribution in [0.25, 0.3) is 0 Å². The molecule has 0 aromatic carbocycles. The van der Waals surface area contributed by atoms with Gasteiger partial charge in [-0.25, -0.2) is 0 Å². The average Bonchev–Trinajstić information content (AvgIpc) is 2.24. The van der Waals surface area contributed by atoms with Gasteiger partial charge < -0.3 is 9.47 Å². The molecule has 13 heavy (non-hydrogen) atoms. The number of carbonyl (C=O) groups is 2. The molecule has 0 aromatic heterocycles. The number of carbonyl (C=O) groups excluding carboxylic acids is 2. The van der Waals surface area contributed by atoms with Crippen LogP contribution < -0.4 is 0 Å². The van der Waals surface area contributed by atoms with Gasteiger partial charge >= 0.3 is 11.9 Å². The lowest BCUT2D eigenvalue weighted by Gasteiger charge is -2.22. The molecule has 0 unspecified atom stereocenters. The number of hydrogen-bond acceptors (Lipinski definition) is 4. The third kappa shape index (κ3) is 1.99. The number of esters is 2. The van der Waals surface area contributed by atoms with E-state index in [0.717, 1.165) is 0 Å². The van der Waals surface area contributed by atoms with Crippen LogP contribution in [0.15, 0.2) is 0 Å². The van der Waals surface area contributed by atoms with Crippen LogP contribution in [0.3, 0.4) is 0 Å². The summed E-state index contributed by atoms with van der Waals surface area (Å²) in [6.07, 6.45) is 0.131. The van der Waals surface area contributed by atoms with E-state index in [-0.39, 0.29) is 18.4 Å². The Bertz CT molecular complexity index is 232. The second-order valence-electron chi connectivity index (χ2n) is 3.59. The van der Waals surface area contributed by atoms with Crippen molar-refractivity contribution in [3.63, 3.8) is 0 Å². The van der Waals surface area contributed by atoms with Crippen LogP contribution in [0.1, 0.15) is 27.2 Å². The predicted octanol–water partition coefficient (Wildman–Crippen LogP) is 0.891. The Hall–Kier alpha value is -1.06. The highest BCUT2D eigenvalue weighted by molar-refractivity contribution is 5.84. The van der Waals surface area contributed by atoms with E-state index in [9.17, 15) is 9.59 Å². The van der Waals surface area contributed by atoms with Crippen molar-refractivity contribution >= 4 is 11.9 Å². The van der Waals surface area contributed by atoms with Crippen molar-refractivity contribution in [3.8, 4) is 0 Å². The third-order valence-corrected chi connectivity index (χ3v) is 2.16. The van der Waals surface area contributed by atoms with Crippen molar-refractivity contribution in [1.29, 1.82) is 0 Å². The number of cyclic esters (lactones) is 1. The van der Waals surface area contributed by atoms with E-state index in [1.807, 2.05) is 0 Å². The highest BCUT2D eigenvalue weighted by atomic mass is 16.6. The lowest BCUT2D eigenvalue weighted by molar-refractivity contribution is -0.155. The van der Waals surface area contributed by atoms with Crippen LogP contribution >= 0.6 is 0 Å². The van der Waals surface area contributed by atoms with Gasteiger partial charge in [0, 0.05) is 0 Å². The van der Waals surface area contributed by atoms with Crippen LogP contribution in [0.5, 0.6) is 0 Å². The largest absolute Gasteiger partial charge is 0.466 e. The van der Waals surface area contributed by atoms with Crippen molar-refractivity contribution in [2.24, 2.45) is 5.92 Å². The summed E-state index contributed by atoms with van der Waals surface area (Å²) in [5.74, 6) is -1.14. The van der Waals surface area contributed by atoms with E-state index in [0.29, 0.717) is 6.61 Å². The molecule has 1 fully saturated rings. The standard InChI is InChI=1S/C9H14O4/c1-4-12-8(11)6-5-7(10)13-9(6,2)3/h6H,4-5H2,1-3H3/t6-/m0/s1. The Balaban J connectivity index is 2.69. The quantitative estimate of drug-likeness (QED) is 0.601. The van der Waals surface area contributed by atoms with Gasteiger partial charge in [0.15, 0.2) is 0 Å². The first kappa shape index (κ1) is 10.0. The zero-order valence-corrected chi connectivity index (χ0v) is 8.12. The first-order valence-corrected chi connectivity index (χ1v) is 4.36. The molecule has 4 nitrogen and oxygen atoms in total. The summed E-state index contributed by atoms with van der Waals surface area (Å²) >= 11 is 0. The minimum absolute atomic E-state index is 0.131. The molecule has 0 bridgehead atoms. The van der Waals surface area contributed by atoms with E-state index in [4.69, 9.17) is 9.47 Å². The van der Waals surface area contributed by atoms with Crippen LogP contribution in [-0.2, 0) is 19.1 Å². The Morgan fingerprint density at radius 3 is 2.69 bits per heavy atom. The predicted molar refractivity (Wildman–Crippen MR) is 44.9 cm³/mol. The molecular weight excluding hydrogens is 172 g/mol. The fourth-order valence-corrected chi connectivity index (χ4v) is 1.43. The molecule has 0 saturated carbocycles. The van der Waals surface area contributed by atoms with Gasteiger partial charge in [-0.15, -0.1) is 0 Å². The van der Waals surface area contributed by atoms with Crippen molar-refractivity contribution in [1.82, 2.24) is 0 Å². The summed E-state index contributed by atoms with van der Waals surface area (Å²) in [6.45, 7) is 5.51. The molecule has 4 heteroatoms. The van der Waals surface area contributed by atoms with Gasteiger partial charge in [-0.2, -0.15) is 0 Å². The third-order valence-electron chi connectivity index (χ3n) is 2.16. The Kier molecular flexibility index (Phi) is 2.59. The minimum atomic E-state index is -0.719. The SMILES string of the molecule is CCOC(=O)[C@@H]1CC(=O)OC1(C)C. The van der Waals surface area contributed by atoms with Crippen LogP contribution in [0.2, 0.25) is 0 Å². The van der Waals surface area contributed by atoms with E-state index >= 15 is 0 Å². The molecule has 0 aromatic rings. The summed E-state index contributed by atoms with van der Waals surface area (Å²) < 4.78 is 9.83. The summed E-state index contributed by atoms with van der Waals surface area (Å²) in [7, 11) is 0. The van der Waals surface area contributed by atoms with Gasteiger partial charge in [-0.05, 0) is 20.8 Å². The molecule has 1 aliphatic heterocycles. The maximum atomic E-state index is 11.4. The van der Waals surface area contributed by atoms with Crippen molar-refractivity contribution in [2.75, 3.05) is 6.61 Å². The Labute approximate surface area is 77.2 Å². The monoisotopic (exact) mass is 186 g/mol. The summed E-state index contributed by atoms with van der Waals surface area (Å²) in [5, 5.41) is 0. The highest BCUT2D eigenvalue weighted by Gasteiger charge is 2.46. The lowest BCUT2D eigenvalue weighted by Crippen LogP contribution is -2.34. The number of ether oxygens (including phenoxy) is 2. The van der Waals surface area contributed by atoms with Gasteiger partial charge in [0.2, 0.25) is 0 Å². The van der Waals surface area contributed by atoms with Gasteiger partial charge in [0.05, 0.1) is 13.0 Å². The van der Waals surface area contributed by atoms with E-state index in [2.05, 4.69) is 0 Å². The summed E-state index contributed by atoms with van der Waals surface area (Å²) in [4.78, 5) is 22.3. The first-order valence-electron chi connectivity index (χ1n) is 4.36. The molecule has 1 atom stereocenters. The van der Waals surface area contributed by atoms with Crippen molar-refractivity contribution in [2.45, 2.75) is 32.8 Å². The van der Waals surface area contributed by atoms with E-state index in [1.165, 1.54) is 0 Å². The molecule has 0 spiro atoms. The lowest BCUT2D eigenvalue weighted by atomic mass is 9.91. The van der Waals surface area contributed by atoms with E-state index in [1.54, 1.807) is 20.8 Å². The van der Waals surface area contributed by atoms with Gasteiger partial charge in [0.1, 0.15) is 11.5 Å². The average molecular weight is 186 g/mol. The van der Waals surface area contributed by atoms with Crippen LogP contribution in [-0.4, -0.2) is 24.1 Å². The van der Waals surface area contributed by atoms with Gasteiger partial charge in [-0.3, -0.25) is 9.59 Å². The van der Waals surface area contributed by atoms with Crippen LogP contribution in [0.4, 0.5) is 0 Å². The first-order chi connectivity index (χ1) is 5.97. The smallest absolute Gasteiger partial charge is 0.313 e. The maximum absolute atomic E-state index is 11.4. The molecule has 1 heterocycles. The minimum Gasteiger partial charge on any atom is -0.466 e. The zero-order chi connectivity index (χ0) is 10.1.